The predicted molar refractivity (Wildman–Crippen MR) is 72.2 cm³/mol. The van der Waals surface area contributed by atoms with Crippen LogP contribution in [-0.2, 0) is 4.74 Å². The second kappa shape index (κ2) is 9.90. The summed E-state index contributed by atoms with van der Waals surface area (Å²) in [4.78, 5) is 0. The molecular weight excluding hydrogens is 212 g/mol. The van der Waals surface area contributed by atoms with Crippen LogP contribution >= 0.6 is 0 Å². The molecule has 0 bridgehead atoms. The molecule has 0 aromatic rings. The van der Waals surface area contributed by atoms with Gasteiger partial charge in [-0.3, -0.25) is 0 Å². The first-order chi connectivity index (χ1) is 8.34. The van der Waals surface area contributed by atoms with Gasteiger partial charge >= 0.3 is 0 Å². The van der Waals surface area contributed by atoms with Crippen molar-refractivity contribution in [3.05, 3.63) is 0 Å². The van der Waals surface area contributed by atoms with E-state index in [-0.39, 0.29) is 6.10 Å². The van der Waals surface area contributed by atoms with Crippen LogP contribution in [0.15, 0.2) is 0 Å². The van der Waals surface area contributed by atoms with Crippen LogP contribution in [0, 0.1) is 5.92 Å². The normalized spacial score (nSPS) is 19.4. The van der Waals surface area contributed by atoms with Gasteiger partial charge in [-0.2, -0.15) is 0 Å². The summed E-state index contributed by atoms with van der Waals surface area (Å²) in [5.74, 6) is 0.504. The third-order valence-electron chi connectivity index (χ3n) is 3.87. The predicted octanol–water partition coefficient (Wildman–Crippen LogP) is 3.91. The van der Waals surface area contributed by atoms with Crippen molar-refractivity contribution in [3.63, 3.8) is 0 Å². The first-order valence-corrected chi connectivity index (χ1v) is 7.60. The SMILES string of the molecule is CCCCCCCOCC(O)C1CCCCC1. The van der Waals surface area contributed by atoms with Gasteiger partial charge in [0.25, 0.3) is 0 Å². The molecule has 1 rings (SSSR count). The summed E-state index contributed by atoms with van der Waals surface area (Å²) < 4.78 is 5.58. The number of aliphatic hydroxyl groups excluding tert-OH is 1. The number of unbranched alkanes of at least 4 members (excludes halogenated alkanes) is 4. The summed E-state index contributed by atoms with van der Waals surface area (Å²) >= 11 is 0. The molecule has 0 aliphatic heterocycles. The van der Waals surface area contributed by atoms with E-state index in [1.54, 1.807) is 0 Å². The zero-order chi connectivity index (χ0) is 12.3. The van der Waals surface area contributed by atoms with E-state index < -0.39 is 0 Å². The maximum Gasteiger partial charge on any atom is 0.0801 e. The molecular formula is C15H30O2. The molecule has 2 nitrogen and oxygen atoms in total. The van der Waals surface area contributed by atoms with Crippen molar-refractivity contribution in [2.45, 2.75) is 77.2 Å². The maximum absolute atomic E-state index is 9.99. The quantitative estimate of drug-likeness (QED) is 0.621. The zero-order valence-corrected chi connectivity index (χ0v) is 11.5. The van der Waals surface area contributed by atoms with Crippen LogP contribution in [0.4, 0.5) is 0 Å². The Kier molecular flexibility index (Phi) is 8.72. The Morgan fingerprint density at radius 3 is 2.47 bits per heavy atom. The van der Waals surface area contributed by atoms with Crippen LogP contribution in [0.2, 0.25) is 0 Å². The lowest BCUT2D eigenvalue weighted by Crippen LogP contribution is -2.27. The minimum atomic E-state index is -0.217. The third kappa shape index (κ3) is 7.05. The molecule has 0 radical (unpaired) electrons. The Labute approximate surface area is 107 Å². The van der Waals surface area contributed by atoms with Crippen LogP contribution in [-0.4, -0.2) is 24.4 Å². The summed E-state index contributed by atoms with van der Waals surface area (Å²) in [6.45, 7) is 3.61. The smallest absolute Gasteiger partial charge is 0.0801 e. The Hall–Kier alpha value is -0.0800. The molecule has 1 saturated carbocycles. The second-order valence-electron chi connectivity index (χ2n) is 5.45. The lowest BCUT2D eigenvalue weighted by molar-refractivity contribution is -0.00574. The molecule has 0 heterocycles. The van der Waals surface area contributed by atoms with Gasteiger partial charge in [-0.15, -0.1) is 0 Å². The third-order valence-corrected chi connectivity index (χ3v) is 3.87. The van der Waals surface area contributed by atoms with Crippen molar-refractivity contribution in [1.29, 1.82) is 0 Å². The van der Waals surface area contributed by atoms with Crippen molar-refractivity contribution >= 4 is 0 Å². The molecule has 0 aromatic heterocycles. The molecule has 2 heteroatoms. The Bertz CT molecular complexity index is 164. The molecule has 0 amide bonds. The highest BCUT2D eigenvalue weighted by Crippen LogP contribution is 2.26. The second-order valence-corrected chi connectivity index (χ2v) is 5.45. The molecule has 0 spiro atoms. The first-order valence-electron chi connectivity index (χ1n) is 7.60. The fourth-order valence-electron chi connectivity index (χ4n) is 2.67. The van der Waals surface area contributed by atoms with E-state index in [1.165, 1.54) is 57.8 Å². The molecule has 1 aliphatic rings. The van der Waals surface area contributed by atoms with Crippen molar-refractivity contribution < 1.29 is 9.84 Å². The van der Waals surface area contributed by atoms with Crippen molar-refractivity contribution in [1.82, 2.24) is 0 Å². The molecule has 17 heavy (non-hydrogen) atoms. The maximum atomic E-state index is 9.99. The first kappa shape index (κ1) is 15.0. The van der Waals surface area contributed by atoms with Gasteiger partial charge in [0, 0.05) is 6.61 Å². The van der Waals surface area contributed by atoms with Gasteiger partial charge < -0.3 is 9.84 Å². The number of aliphatic hydroxyl groups is 1. The summed E-state index contributed by atoms with van der Waals surface area (Å²) in [5.41, 5.74) is 0. The van der Waals surface area contributed by atoms with Crippen LogP contribution in [0.3, 0.4) is 0 Å². The molecule has 102 valence electrons. The Morgan fingerprint density at radius 2 is 1.76 bits per heavy atom. The van der Waals surface area contributed by atoms with Crippen molar-refractivity contribution in [2.24, 2.45) is 5.92 Å². The van der Waals surface area contributed by atoms with Gasteiger partial charge in [0.1, 0.15) is 0 Å². The highest BCUT2D eigenvalue weighted by Gasteiger charge is 2.21. The molecule has 0 saturated heterocycles. The lowest BCUT2D eigenvalue weighted by Gasteiger charge is -2.26. The molecule has 1 aliphatic carbocycles. The topological polar surface area (TPSA) is 29.5 Å². The van der Waals surface area contributed by atoms with Crippen LogP contribution in [0.5, 0.6) is 0 Å². The largest absolute Gasteiger partial charge is 0.390 e. The monoisotopic (exact) mass is 242 g/mol. The number of rotatable bonds is 9. The average Bonchev–Trinajstić information content (AvgIpc) is 2.38. The zero-order valence-electron chi connectivity index (χ0n) is 11.5. The number of hydrogen-bond acceptors (Lipinski definition) is 2. The summed E-state index contributed by atoms with van der Waals surface area (Å²) in [6, 6.07) is 0. The Morgan fingerprint density at radius 1 is 1.06 bits per heavy atom. The van der Waals surface area contributed by atoms with E-state index in [2.05, 4.69) is 6.92 Å². The summed E-state index contributed by atoms with van der Waals surface area (Å²) in [6.07, 6.45) is 12.5. The highest BCUT2D eigenvalue weighted by molar-refractivity contribution is 4.72. The number of ether oxygens (including phenoxy) is 1. The summed E-state index contributed by atoms with van der Waals surface area (Å²) in [5, 5.41) is 9.99. The van der Waals surface area contributed by atoms with Crippen molar-refractivity contribution in [2.75, 3.05) is 13.2 Å². The van der Waals surface area contributed by atoms with Gasteiger partial charge in [0.15, 0.2) is 0 Å². The van der Waals surface area contributed by atoms with E-state index in [1.807, 2.05) is 0 Å². The molecule has 1 fully saturated rings. The van der Waals surface area contributed by atoms with Gasteiger partial charge in [-0.25, -0.2) is 0 Å². The minimum Gasteiger partial charge on any atom is -0.390 e. The van der Waals surface area contributed by atoms with Crippen molar-refractivity contribution in [3.8, 4) is 0 Å². The van der Waals surface area contributed by atoms with Crippen LogP contribution in [0.1, 0.15) is 71.1 Å². The van der Waals surface area contributed by atoms with Gasteiger partial charge in [0.05, 0.1) is 12.7 Å². The van der Waals surface area contributed by atoms with E-state index in [0.717, 1.165) is 13.0 Å². The van der Waals surface area contributed by atoms with Gasteiger partial charge in [0.2, 0.25) is 0 Å². The van der Waals surface area contributed by atoms with E-state index in [4.69, 9.17) is 4.74 Å². The van der Waals surface area contributed by atoms with E-state index >= 15 is 0 Å². The molecule has 1 unspecified atom stereocenters. The van der Waals surface area contributed by atoms with E-state index in [0.29, 0.717) is 12.5 Å². The summed E-state index contributed by atoms with van der Waals surface area (Å²) in [7, 11) is 0. The molecule has 1 N–H and O–H groups in total. The fraction of sp³-hybridized carbons (Fsp3) is 1.00. The lowest BCUT2D eigenvalue weighted by atomic mass is 9.85. The Balaban J connectivity index is 1.90. The number of hydrogen-bond donors (Lipinski definition) is 1. The standard InChI is InChI=1S/C15H30O2/c1-2-3-4-5-9-12-17-13-15(16)14-10-7-6-8-11-14/h14-16H,2-13H2,1H3. The average molecular weight is 242 g/mol. The van der Waals surface area contributed by atoms with Gasteiger partial charge in [-0.05, 0) is 25.2 Å². The highest BCUT2D eigenvalue weighted by atomic mass is 16.5. The minimum absolute atomic E-state index is 0.217. The van der Waals surface area contributed by atoms with Crippen LogP contribution < -0.4 is 0 Å². The molecule has 1 atom stereocenters. The van der Waals surface area contributed by atoms with E-state index in [9.17, 15) is 5.11 Å². The fourth-order valence-corrected chi connectivity index (χ4v) is 2.67. The van der Waals surface area contributed by atoms with Gasteiger partial charge in [-0.1, -0.05) is 51.9 Å². The molecule has 0 aromatic carbocycles. The van der Waals surface area contributed by atoms with Crippen LogP contribution in [0.25, 0.3) is 0 Å².